The van der Waals surface area contributed by atoms with Gasteiger partial charge in [0.25, 0.3) is 0 Å². The third-order valence-corrected chi connectivity index (χ3v) is 4.02. The van der Waals surface area contributed by atoms with E-state index < -0.39 is 0 Å². The molecule has 2 aromatic carbocycles. The Labute approximate surface area is 139 Å². The van der Waals surface area contributed by atoms with Gasteiger partial charge in [-0.2, -0.15) is 0 Å². The van der Waals surface area contributed by atoms with E-state index in [0.717, 1.165) is 11.4 Å². The molecule has 2 heteroatoms. The molecule has 1 saturated heterocycles. The van der Waals surface area contributed by atoms with Gasteiger partial charge in [-0.05, 0) is 55.5 Å². The van der Waals surface area contributed by atoms with E-state index >= 15 is 0 Å². The van der Waals surface area contributed by atoms with Crippen molar-refractivity contribution in [2.45, 2.75) is 25.7 Å². The Balaban J connectivity index is 0.000000164. The summed E-state index contributed by atoms with van der Waals surface area (Å²) in [5.74, 6) is 0. The van der Waals surface area contributed by atoms with Gasteiger partial charge in [0, 0.05) is 23.8 Å². The molecule has 3 rings (SSSR count). The van der Waals surface area contributed by atoms with Gasteiger partial charge in [-0.1, -0.05) is 48.0 Å². The Hall–Kier alpha value is -1.73. The fourth-order valence-corrected chi connectivity index (χ4v) is 2.70. The first-order valence-electron chi connectivity index (χ1n) is 7.95. The number of anilines is 1. The van der Waals surface area contributed by atoms with Crippen LogP contribution in [0, 0.1) is 0 Å². The number of nitrogens with zero attached hydrogens (tertiary/aromatic N) is 1. The quantitative estimate of drug-likeness (QED) is 0.652. The SMILES string of the molecule is C=CCc1ccc(Cl)cc1.c1ccc(N2CCCCC2)cc1. The van der Waals surface area contributed by atoms with Gasteiger partial charge in [0.1, 0.15) is 0 Å². The molecule has 2 aromatic rings. The van der Waals surface area contributed by atoms with Gasteiger partial charge in [-0.15, -0.1) is 6.58 Å². The number of hydrogen-bond acceptors (Lipinski definition) is 1. The molecule has 0 aliphatic carbocycles. The highest BCUT2D eigenvalue weighted by Gasteiger charge is 2.09. The largest absolute Gasteiger partial charge is 0.372 e. The van der Waals surface area contributed by atoms with Crippen molar-refractivity contribution in [3.05, 3.63) is 77.8 Å². The summed E-state index contributed by atoms with van der Waals surface area (Å²) in [5, 5.41) is 0.785. The minimum Gasteiger partial charge on any atom is -0.372 e. The van der Waals surface area contributed by atoms with Crippen LogP contribution in [0.15, 0.2) is 67.3 Å². The molecule has 0 saturated carbocycles. The summed E-state index contributed by atoms with van der Waals surface area (Å²) in [7, 11) is 0. The Bertz CT molecular complexity index is 542. The van der Waals surface area contributed by atoms with Crippen LogP contribution in [-0.2, 0) is 6.42 Å². The highest BCUT2D eigenvalue weighted by molar-refractivity contribution is 6.30. The van der Waals surface area contributed by atoms with E-state index in [2.05, 4.69) is 41.8 Å². The average molecular weight is 314 g/mol. The predicted molar refractivity (Wildman–Crippen MR) is 97.9 cm³/mol. The Kier molecular flexibility index (Phi) is 7.05. The first-order chi connectivity index (χ1) is 10.8. The zero-order valence-corrected chi connectivity index (χ0v) is 13.8. The van der Waals surface area contributed by atoms with Crippen LogP contribution in [0.25, 0.3) is 0 Å². The van der Waals surface area contributed by atoms with Crippen molar-refractivity contribution in [2.24, 2.45) is 0 Å². The van der Waals surface area contributed by atoms with E-state index in [1.165, 1.54) is 43.6 Å². The standard InChI is InChI=1S/C11H15N.C9H9Cl/c1-3-7-11(8-4-1)12-9-5-2-6-10-12;1-2-3-8-4-6-9(10)7-5-8/h1,3-4,7-8H,2,5-6,9-10H2;2,4-7H,1,3H2. The molecule has 0 aromatic heterocycles. The van der Waals surface area contributed by atoms with E-state index in [1.807, 2.05) is 30.3 Å². The third-order valence-electron chi connectivity index (χ3n) is 3.77. The monoisotopic (exact) mass is 313 g/mol. The van der Waals surface area contributed by atoms with E-state index in [9.17, 15) is 0 Å². The van der Waals surface area contributed by atoms with Gasteiger partial charge in [-0.25, -0.2) is 0 Å². The smallest absolute Gasteiger partial charge is 0.0406 e. The van der Waals surface area contributed by atoms with Crippen LogP contribution in [-0.4, -0.2) is 13.1 Å². The topological polar surface area (TPSA) is 3.24 Å². The van der Waals surface area contributed by atoms with Gasteiger partial charge in [-0.3, -0.25) is 0 Å². The zero-order valence-electron chi connectivity index (χ0n) is 13.0. The van der Waals surface area contributed by atoms with E-state index in [4.69, 9.17) is 11.6 Å². The van der Waals surface area contributed by atoms with Gasteiger partial charge < -0.3 is 4.90 Å². The van der Waals surface area contributed by atoms with Crippen molar-refractivity contribution in [3.63, 3.8) is 0 Å². The summed E-state index contributed by atoms with van der Waals surface area (Å²) in [6, 6.07) is 18.5. The second-order valence-electron chi connectivity index (χ2n) is 5.50. The number of benzene rings is 2. The van der Waals surface area contributed by atoms with Crippen LogP contribution in [0.2, 0.25) is 5.02 Å². The average Bonchev–Trinajstić information content (AvgIpc) is 2.59. The second-order valence-corrected chi connectivity index (χ2v) is 5.94. The number of rotatable bonds is 3. The Morgan fingerprint density at radius 1 is 0.909 bits per heavy atom. The van der Waals surface area contributed by atoms with Crippen molar-refractivity contribution >= 4 is 17.3 Å². The molecule has 1 aliphatic heterocycles. The fraction of sp³-hybridized carbons (Fsp3) is 0.300. The molecule has 1 aliphatic rings. The van der Waals surface area contributed by atoms with Crippen LogP contribution in [0.1, 0.15) is 24.8 Å². The number of hydrogen-bond donors (Lipinski definition) is 0. The number of allylic oxidation sites excluding steroid dienone is 1. The van der Waals surface area contributed by atoms with E-state index in [0.29, 0.717) is 0 Å². The van der Waals surface area contributed by atoms with Crippen molar-refractivity contribution < 1.29 is 0 Å². The number of halogens is 1. The summed E-state index contributed by atoms with van der Waals surface area (Å²) < 4.78 is 0. The molecular weight excluding hydrogens is 290 g/mol. The van der Waals surface area contributed by atoms with E-state index in [-0.39, 0.29) is 0 Å². The first-order valence-corrected chi connectivity index (χ1v) is 8.33. The Morgan fingerprint density at radius 2 is 1.55 bits per heavy atom. The lowest BCUT2D eigenvalue weighted by Gasteiger charge is -2.28. The van der Waals surface area contributed by atoms with Crippen molar-refractivity contribution in [1.29, 1.82) is 0 Å². The molecular formula is C20H24ClN. The van der Waals surface area contributed by atoms with Gasteiger partial charge in [0.2, 0.25) is 0 Å². The molecule has 0 radical (unpaired) electrons. The number of piperidine rings is 1. The molecule has 1 nitrogen and oxygen atoms in total. The maximum Gasteiger partial charge on any atom is 0.0406 e. The maximum atomic E-state index is 5.69. The lowest BCUT2D eigenvalue weighted by Crippen LogP contribution is -2.29. The first kappa shape index (κ1) is 16.6. The summed E-state index contributed by atoms with van der Waals surface area (Å²) in [4.78, 5) is 2.48. The molecule has 1 heterocycles. The Morgan fingerprint density at radius 3 is 2.14 bits per heavy atom. The maximum absolute atomic E-state index is 5.69. The summed E-state index contributed by atoms with van der Waals surface area (Å²) in [6.45, 7) is 6.13. The summed E-state index contributed by atoms with van der Waals surface area (Å²) in [6.07, 6.45) is 6.91. The van der Waals surface area contributed by atoms with Crippen LogP contribution in [0.4, 0.5) is 5.69 Å². The normalized spacial score (nSPS) is 14.0. The molecule has 116 valence electrons. The number of para-hydroxylation sites is 1. The molecule has 0 unspecified atom stereocenters. The van der Waals surface area contributed by atoms with Crippen LogP contribution in [0.3, 0.4) is 0 Å². The third kappa shape index (κ3) is 5.57. The highest BCUT2D eigenvalue weighted by Crippen LogP contribution is 2.18. The molecule has 0 bridgehead atoms. The van der Waals surface area contributed by atoms with Crippen molar-refractivity contribution in [3.8, 4) is 0 Å². The molecule has 22 heavy (non-hydrogen) atoms. The molecule has 0 spiro atoms. The molecule has 0 amide bonds. The predicted octanol–water partition coefficient (Wildman–Crippen LogP) is 5.75. The minimum atomic E-state index is 0.785. The van der Waals surface area contributed by atoms with Gasteiger partial charge in [0.05, 0.1) is 0 Å². The lowest BCUT2D eigenvalue weighted by molar-refractivity contribution is 0.578. The van der Waals surface area contributed by atoms with Crippen LogP contribution < -0.4 is 4.90 Å². The second kappa shape index (κ2) is 9.32. The van der Waals surface area contributed by atoms with Gasteiger partial charge in [0.15, 0.2) is 0 Å². The van der Waals surface area contributed by atoms with Crippen molar-refractivity contribution in [2.75, 3.05) is 18.0 Å². The minimum absolute atomic E-state index is 0.785. The van der Waals surface area contributed by atoms with E-state index in [1.54, 1.807) is 0 Å². The molecule has 0 N–H and O–H groups in total. The van der Waals surface area contributed by atoms with Crippen LogP contribution >= 0.6 is 11.6 Å². The zero-order chi connectivity index (χ0) is 15.6. The molecule has 1 fully saturated rings. The molecule has 0 atom stereocenters. The van der Waals surface area contributed by atoms with Crippen LogP contribution in [0.5, 0.6) is 0 Å². The fourth-order valence-electron chi connectivity index (χ4n) is 2.58. The van der Waals surface area contributed by atoms with Crippen molar-refractivity contribution in [1.82, 2.24) is 0 Å². The highest BCUT2D eigenvalue weighted by atomic mass is 35.5. The summed E-state index contributed by atoms with van der Waals surface area (Å²) in [5.41, 5.74) is 2.64. The summed E-state index contributed by atoms with van der Waals surface area (Å²) >= 11 is 5.69. The van der Waals surface area contributed by atoms with Gasteiger partial charge >= 0.3 is 0 Å². The lowest BCUT2D eigenvalue weighted by atomic mass is 10.1.